The number of aliphatic hydroxyl groups excluding tert-OH is 1. The first-order valence-electron chi connectivity index (χ1n) is 4.15. The number of Topliss-reactive ketones (excluding diaryl/α,β-unsaturated/α-hetero) is 1. The number of benzene rings is 1. The summed E-state index contributed by atoms with van der Waals surface area (Å²) in [6.07, 6.45) is -4.69. The Labute approximate surface area is 80.2 Å². The summed E-state index contributed by atoms with van der Waals surface area (Å²) in [5, 5.41) is 9.39. The third kappa shape index (κ3) is 2.88. The molecule has 1 aromatic carbocycles. The van der Waals surface area contributed by atoms with Gasteiger partial charge < -0.3 is 5.11 Å². The molecule has 4 heteroatoms. The summed E-state index contributed by atoms with van der Waals surface area (Å²) in [6.45, 7) is 0. The summed E-state index contributed by atoms with van der Waals surface area (Å²) in [5.74, 6) is -1.23. The summed E-state index contributed by atoms with van der Waals surface area (Å²) in [5.41, 5.74) is 0.474. The van der Waals surface area contributed by atoms with Gasteiger partial charge in [0.1, 0.15) is 0 Å². The molecule has 1 aromatic rings. The number of hydrogen-bond donors (Lipinski definition) is 1. The molecule has 76 valence electrons. The molecule has 0 aliphatic heterocycles. The Bertz CT molecular complexity index is 298. The highest BCUT2D eigenvalue weighted by atomic mass is 19.3. The number of aliphatic hydroxyl groups is 1. The molecule has 14 heavy (non-hydrogen) atoms. The van der Waals surface area contributed by atoms with Crippen LogP contribution < -0.4 is 0 Å². The molecule has 0 saturated heterocycles. The van der Waals surface area contributed by atoms with Gasteiger partial charge >= 0.3 is 0 Å². The van der Waals surface area contributed by atoms with Crippen LogP contribution in [0.3, 0.4) is 0 Å². The van der Waals surface area contributed by atoms with Gasteiger partial charge in [0.25, 0.3) is 6.43 Å². The van der Waals surface area contributed by atoms with E-state index in [2.05, 4.69) is 0 Å². The Balaban J connectivity index is 2.59. The average Bonchev–Trinajstić information content (AvgIpc) is 2.19. The minimum absolute atomic E-state index is 0.474. The molecule has 0 heterocycles. The number of halogens is 2. The van der Waals surface area contributed by atoms with Crippen LogP contribution in [0.2, 0.25) is 0 Å². The number of alkyl halides is 2. The van der Waals surface area contributed by atoms with Gasteiger partial charge in [-0.05, 0) is 5.56 Å². The molecule has 2 nitrogen and oxygen atoms in total. The van der Waals surface area contributed by atoms with Gasteiger partial charge in [-0.3, -0.25) is 4.79 Å². The normalized spacial score (nSPS) is 12.9. The van der Waals surface area contributed by atoms with Crippen molar-refractivity contribution in [3.63, 3.8) is 0 Å². The zero-order valence-corrected chi connectivity index (χ0v) is 7.36. The van der Waals surface area contributed by atoms with Crippen molar-refractivity contribution in [3.05, 3.63) is 35.9 Å². The summed E-state index contributed by atoms with van der Waals surface area (Å²) in [7, 11) is 0. The van der Waals surface area contributed by atoms with Crippen molar-refractivity contribution in [2.24, 2.45) is 0 Å². The number of carbonyl (C=O) groups excluding carboxylic acids is 1. The van der Waals surface area contributed by atoms with Crippen LogP contribution in [0, 0.1) is 0 Å². The van der Waals surface area contributed by atoms with Gasteiger partial charge in [-0.1, -0.05) is 30.3 Å². The van der Waals surface area contributed by atoms with Crippen LogP contribution in [-0.2, 0) is 4.79 Å². The molecule has 0 bridgehead atoms. The molecule has 0 fully saturated rings. The smallest absolute Gasteiger partial charge is 0.296 e. The molecule has 0 spiro atoms. The van der Waals surface area contributed by atoms with Crippen LogP contribution in [0.25, 0.3) is 0 Å². The second-order valence-electron chi connectivity index (χ2n) is 2.90. The van der Waals surface area contributed by atoms with E-state index in [0.29, 0.717) is 5.56 Å². The van der Waals surface area contributed by atoms with E-state index in [1.807, 2.05) is 0 Å². The van der Waals surface area contributed by atoms with E-state index in [0.717, 1.165) is 0 Å². The lowest BCUT2D eigenvalue weighted by molar-refractivity contribution is -0.131. The lowest BCUT2D eigenvalue weighted by atomic mass is 10.0. The van der Waals surface area contributed by atoms with Crippen LogP contribution >= 0.6 is 0 Å². The fourth-order valence-electron chi connectivity index (χ4n) is 1.07. The lowest BCUT2D eigenvalue weighted by Gasteiger charge is -2.09. The van der Waals surface area contributed by atoms with E-state index in [1.54, 1.807) is 30.3 Å². The summed E-state index contributed by atoms with van der Waals surface area (Å²) in [6, 6.07) is 8.26. The van der Waals surface area contributed by atoms with Crippen molar-refractivity contribution in [3.8, 4) is 0 Å². The Morgan fingerprint density at radius 3 is 2.36 bits per heavy atom. The minimum atomic E-state index is -3.01. The van der Waals surface area contributed by atoms with Crippen molar-refractivity contribution in [1.82, 2.24) is 0 Å². The molecule has 0 aromatic heterocycles. The first-order chi connectivity index (χ1) is 6.61. The van der Waals surface area contributed by atoms with Crippen molar-refractivity contribution < 1.29 is 18.7 Å². The van der Waals surface area contributed by atoms with Crippen LogP contribution in [0.5, 0.6) is 0 Å². The topological polar surface area (TPSA) is 37.3 Å². The van der Waals surface area contributed by atoms with E-state index in [1.165, 1.54) is 0 Å². The molecule has 1 atom stereocenters. The van der Waals surface area contributed by atoms with Crippen LogP contribution in [0.15, 0.2) is 30.3 Å². The van der Waals surface area contributed by atoms with Gasteiger partial charge in [-0.25, -0.2) is 8.78 Å². The lowest BCUT2D eigenvalue weighted by Crippen LogP contribution is -2.14. The van der Waals surface area contributed by atoms with Gasteiger partial charge in [0.15, 0.2) is 0 Å². The third-order valence-corrected chi connectivity index (χ3v) is 1.82. The van der Waals surface area contributed by atoms with Crippen molar-refractivity contribution in [2.45, 2.75) is 19.0 Å². The third-order valence-electron chi connectivity index (χ3n) is 1.82. The molecular formula is C10H10F2O2. The van der Waals surface area contributed by atoms with Crippen LogP contribution in [0.1, 0.15) is 18.1 Å². The molecule has 1 unspecified atom stereocenters. The van der Waals surface area contributed by atoms with E-state index in [4.69, 9.17) is 0 Å². The predicted molar refractivity (Wildman–Crippen MR) is 47.0 cm³/mol. The summed E-state index contributed by atoms with van der Waals surface area (Å²) in [4.78, 5) is 10.6. The van der Waals surface area contributed by atoms with Gasteiger partial charge in [0.2, 0.25) is 5.78 Å². The first kappa shape index (κ1) is 10.8. The molecular weight excluding hydrogens is 190 g/mol. The average molecular weight is 200 g/mol. The summed E-state index contributed by atoms with van der Waals surface area (Å²) < 4.78 is 23.7. The molecule has 1 N–H and O–H groups in total. The van der Waals surface area contributed by atoms with Gasteiger partial charge in [0.05, 0.1) is 6.10 Å². The summed E-state index contributed by atoms with van der Waals surface area (Å²) >= 11 is 0. The number of rotatable bonds is 4. The monoisotopic (exact) mass is 200 g/mol. The Kier molecular flexibility index (Phi) is 3.71. The molecule has 0 amide bonds. The Hall–Kier alpha value is -1.29. The molecule has 0 aliphatic carbocycles. The Morgan fingerprint density at radius 2 is 1.86 bits per heavy atom. The van der Waals surface area contributed by atoms with E-state index >= 15 is 0 Å². The standard InChI is InChI=1S/C10H10F2O2/c11-10(12)9(14)6-8(13)7-4-2-1-3-5-7/h1-5,8,10,13H,6H2. The molecule has 0 radical (unpaired) electrons. The van der Waals surface area contributed by atoms with Crippen molar-refractivity contribution in [2.75, 3.05) is 0 Å². The highest BCUT2D eigenvalue weighted by Crippen LogP contribution is 2.17. The molecule has 1 rings (SSSR count). The quantitative estimate of drug-likeness (QED) is 0.806. The maximum absolute atomic E-state index is 11.8. The fraction of sp³-hybridized carbons (Fsp3) is 0.300. The number of hydrogen-bond acceptors (Lipinski definition) is 2. The molecule has 0 aliphatic rings. The Morgan fingerprint density at radius 1 is 1.29 bits per heavy atom. The van der Waals surface area contributed by atoms with Crippen LogP contribution in [0.4, 0.5) is 8.78 Å². The number of carbonyl (C=O) groups is 1. The van der Waals surface area contributed by atoms with E-state index in [-0.39, 0.29) is 0 Å². The van der Waals surface area contributed by atoms with E-state index in [9.17, 15) is 18.7 Å². The zero-order chi connectivity index (χ0) is 10.6. The highest BCUT2D eigenvalue weighted by molar-refractivity contribution is 5.82. The second-order valence-corrected chi connectivity index (χ2v) is 2.90. The van der Waals surface area contributed by atoms with Crippen molar-refractivity contribution in [1.29, 1.82) is 0 Å². The van der Waals surface area contributed by atoms with Gasteiger partial charge in [-0.15, -0.1) is 0 Å². The zero-order valence-electron chi connectivity index (χ0n) is 7.36. The first-order valence-corrected chi connectivity index (χ1v) is 4.15. The van der Waals surface area contributed by atoms with Crippen LogP contribution in [-0.4, -0.2) is 17.3 Å². The van der Waals surface area contributed by atoms with Gasteiger partial charge in [0, 0.05) is 6.42 Å². The fourth-order valence-corrected chi connectivity index (χ4v) is 1.07. The minimum Gasteiger partial charge on any atom is -0.388 e. The highest BCUT2D eigenvalue weighted by Gasteiger charge is 2.20. The second kappa shape index (κ2) is 4.81. The van der Waals surface area contributed by atoms with Crippen molar-refractivity contribution >= 4 is 5.78 Å². The SMILES string of the molecule is O=C(CC(O)c1ccccc1)C(F)F. The molecule has 0 saturated carbocycles. The maximum atomic E-state index is 11.8. The number of ketones is 1. The van der Waals surface area contributed by atoms with E-state index < -0.39 is 24.7 Å². The largest absolute Gasteiger partial charge is 0.388 e. The maximum Gasteiger partial charge on any atom is 0.296 e. The van der Waals surface area contributed by atoms with Gasteiger partial charge in [-0.2, -0.15) is 0 Å². The predicted octanol–water partition coefficient (Wildman–Crippen LogP) is 1.94.